The van der Waals surface area contributed by atoms with Crippen molar-refractivity contribution in [2.24, 2.45) is 0 Å². The largest absolute Gasteiger partial charge is 0.494 e. The molecule has 31 heavy (non-hydrogen) atoms. The lowest BCUT2D eigenvalue weighted by Gasteiger charge is -2.06. The minimum Gasteiger partial charge on any atom is -0.494 e. The van der Waals surface area contributed by atoms with Crippen molar-refractivity contribution in [1.82, 2.24) is 0 Å². The molecular formula is C26H32O5. The first-order valence-electron chi connectivity index (χ1n) is 11.0. The van der Waals surface area contributed by atoms with Crippen molar-refractivity contribution in [3.8, 4) is 11.5 Å². The van der Waals surface area contributed by atoms with E-state index in [0.29, 0.717) is 24.5 Å². The molecule has 0 fully saturated rings. The highest BCUT2D eigenvalue weighted by atomic mass is 16.5. The van der Waals surface area contributed by atoms with E-state index in [0.717, 1.165) is 49.8 Å². The molecule has 2 aromatic rings. The lowest BCUT2D eigenvalue weighted by molar-refractivity contribution is -0.128. The Balaban J connectivity index is 1.78. The molecule has 0 aliphatic carbocycles. The minimum absolute atomic E-state index is 0.325. The van der Waals surface area contributed by atoms with Crippen LogP contribution in [0.3, 0.4) is 0 Å². The van der Waals surface area contributed by atoms with Crippen molar-refractivity contribution in [2.45, 2.75) is 52.4 Å². The Labute approximate surface area is 185 Å². The van der Waals surface area contributed by atoms with Crippen molar-refractivity contribution in [2.75, 3.05) is 13.2 Å². The Morgan fingerprint density at radius 2 is 1.45 bits per heavy atom. The summed E-state index contributed by atoms with van der Waals surface area (Å²) in [5, 5.41) is 0. The van der Waals surface area contributed by atoms with Crippen LogP contribution in [0.1, 0.15) is 68.3 Å². The van der Waals surface area contributed by atoms with Crippen LogP contribution >= 0.6 is 0 Å². The smallest absolute Gasteiger partial charge is 0.338 e. The molecular weight excluding hydrogens is 392 g/mol. The zero-order valence-corrected chi connectivity index (χ0v) is 18.5. The van der Waals surface area contributed by atoms with Crippen LogP contribution in [-0.4, -0.2) is 25.2 Å². The van der Waals surface area contributed by atoms with Gasteiger partial charge in [0.15, 0.2) is 0 Å². The van der Waals surface area contributed by atoms with Crippen LogP contribution in [0, 0.1) is 0 Å². The van der Waals surface area contributed by atoms with Gasteiger partial charge >= 0.3 is 11.9 Å². The Morgan fingerprint density at radius 1 is 0.774 bits per heavy atom. The fourth-order valence-electron chi connectivity index (χ4n) is 2.76. The summed E-state index contributed by atoms with van der Waals surface area (Å²) in [7, 11) is 0. The molecule has 0 aromatic heterocycles. The number of benzene rings is 2. The first kappa shape index (κ1) is 24.2. The average Bonchev–Trinajstić information content (AvgIpc) is 2.79. The molecule has 0 saturated heterocycles. The molecule has 166 valence electrons. The molecule has 5 heteroatoms. The molecule has 0 amide bonds. The Hall–Kier alpha value is -3.08. The van der Waals surface area contributed by atoms with Gasteiger partial charge < -0.3 is 14.2 Å². The first-order valence-corrected chi connectivity index (χ1v) is 11.0. The molecule has 0 atom stereocenters. The number of rotatable bonds is 13. The predicted octanol–water partition coefficient (Wildman–Crippen LogP) is 6.22. The van der Waals surface area contributed by atoms with E-state index in [2.05, 4.69) is 13.8 Å². The van der Waals surface area contributed by atoms with E-state index in [1.54, 1.807) is 54.6 Å². The summed E-state index contributed by atoms with van der Waals surface area (Å²) in [6.07, 6.45) is 9.34. The van der Waals surface area contributed by atoms with E-state index in [9.17, 15) is 9.59 Å². The lowest BCUT2D eigenvalue weighted by atomic mass is 10.1. The predicted molar refractivity (Wildman–Crippen MR) is 122 cm³/mol. The summed E-state index contributed by atoms with van der Waals surface area (Å²) in [4.78, 5) is 24.1. The van der Waals surface area contributed by atoms with E-state index in [1.165, 1.54) is 6.08 Å². The first-order chi connectivity index (χ1) is 15.1. The van der Waals surface area contributed by atoms with E-state index >= 15 is 0 Å². The summed E-state index contributed by atoms with van der Waals surface area (Å²) in [6.45, 7) is 5.37. The van der Waals surface area contributed by atoms with E-state index in [1.807, 2.05) is 0 Å². The van der Waals surface area contributed by atoms with Gasteiger partial charge in [-0.2, -0.15) is 0 Å². The van der Waals surface area contributed by atoms with Gasteiger partial charge in [-0.25, -0.2) is 9.59 Å². The van der Waals surface area contributed by atoms with Crippen LogP contribution in [-0.2, 0) is 9.53 Å². The lowest BCUT2D eigenvalue weighted by Crippen LogP contribution is -2.06. The topological polar surface area (TPSA) is 61.8 Å². The molecule has 5 nitrogen and oxygen atoms in total. The molecule has 0 N–H and O–H groups in total. The second-order valence-corrected chi connectivity index (χ2v) is 7.25. The molecule has 0 saturated carbocycles. The Kier molecular flexibility index (Phi) is 10.9. The van der Waals surface area contributed by atoms with Crippen molar-refractivity contribution >= 4 is 18.0 Å². The number of carbonyl (C=O) groups is 2. The standard InChI is InChI=1S/C26H32O5/c1-3-5-7-8-20-30-26(28)22-12-9-21(10-13-22)11-18-25(27)31-24-16-14-23(15-17-24)29-19-6-4-2/h9-18H,3-8,19-20H2,1-2H3. The maximum atomic E-state index is 12.0. The zero-order valence-electron chi connectivity index (χ0n) is 18.5. The van der Waals surface area contributed by atoms with Crippen LogP contribution < -0.4 is 9.47 Å². The quantitative estimate of drug-likeness (QED) is 0.165. The van der Waals surface area contributed by atoms with Gasteiger partial charge in [-0.3, -0.25) is 0 Å². The Bertz CT molecular complexity index is 822. The van der Waals surface area contributed by atoms with Crippen molar-refractivity contribution in [3.63, 3.8) is 0 Å². The fourth-order valence-corrected chi connectivity index (χ4v) is 2.76. The third-order valence-corrected chi connectivity index (χ3v) is 4.60. The van der Waals surface area contributed by atoms with Crippen LogP contribution in [0.15, 0.2) is 54.6 Å². The van der Waals surface area contributed by atoms with E-state index < -0.39 is 5.97 Å². The summed E-state index contributed by atoms with van der Waals surface area (Å²) in [5.41, 5.74) is 1.28. The minimum atomic E-state index is -0.477. The number of hydrogen-bond acceptors (Lipinski definition) is 5. The van der Waals surface area contributed by atoms with E-state index in [-0.39, 0.29) is 5.97 Å². The maximum absolute atomic E-state index is 12.0. The molecule has 0 spiro atoms. The highest BCUT2D eigenvalue weighted by Crippen LogP contribution is 2.18. The van der Waals surface area contributed by atoms with Crippen LogP contribution in [0.2, 0.25) is 0 Å². The van der Waals surface area contributed by atoms with Crippen LogP contribution in [0.5, 0.6) is 11.5 Å². The zero-order chi connectivity index (χ0) is 22.3. The van der Waals surface area contributed by atoms with Gasteiger partial charge in [0.05, 0.1) is 18.8 Å². The van der Waals surface area contributed by atoms with Gasteiger partial charge in [0, 0.05) is 6.08 Å². The van der Waals surface area contributed by atoms with Crippen LogP contribution in [0.4, 0.5) is 0 Å². The average molecular weight is 425 g/mol. The second-order valence-electron chi connectivity index (χ2n) is 7.25. The molecule has 0 aliphatic heterocycles. The second kappa shape index (κ2) is 14.0. The molecule has 2 rings (SSSR count). The van der Waals surface area contributed by atoms with Crippen molar-refractivity contribution in [1.29, 1.82) is 0 Å². The summed E-state index contributed by atoms with van der Waals surface area (Å²) in [6, 6.07) is 13.9. The van der Waals surface area contributed by atoms with Gasteiger partial charge in [0.1, 0.15) is 11.5 Å². The number of esters is 2. The summed E-state index contributed by atoms with van der Waals surface area (Å²) >= 11 is 0. The molecule has 0 radical (unpaired) electrons. The van der Waals surface area contributed by atoms with Gasteiger partial charge in [0.25, 0.3) is 0 Å². The maximum Gasteiger partial charge on any atom is 0.338 e. The molecule has 0 aliphatic rings. The summed E-state index contributed by atoms with van der Waals surface area (Å²) < 4.78 is 16.2. The summed E-state index contributed by atoms with van der Waals surface area (Å²) in [5.74, 6) is 0.404. The normalized spacial score (nSPS) is 10.8. The van der Waals surface area contributed by atoms with Gasteiger partial charge in [0.2, 0.25) is 0 Å². The number of hydrogen-bond donors (Lipinski definition) is 0. The molecule has 2 aromatic carbocycles. The third-order valence-electron chi connectivity index (χ3n) is 4.60. The van der Waals surface area contributed by atoms with Gasteiger partial charge in [-0.05, 0) is 60.9 Å². The highest BCUT2D eigenvalue weighted by molar-refractivity contribution is 5.91. The van der Waals surface area contributed by atoms with Gasteiger partial charge in [-0.1, -0.05) is 51.7 Å². The monoisotopic (exact) mass is 424 g/mol. The highest BCUT2D eigenvalue weighted by Gasteiger charge is 2.06. The SMILES string of the molecule is CCCCCCOC(=O)c1ccc(C=CC(=O)Oc2ccc(OCCCC)cc2)cc1. The van der Waals surface area contributed by atoms with Gasteiger partial charge in [-0.15, -0.1) is 0 Å². The molecule has 0 unspecified atom stereocenters. The van der Waals surface area contributed by atoms with E-state index in [4.69, 9.17) is 14.2 Å². The molecule has 0 heterocycles. The number of unbranched alkanes of at least 4 members (excludes halogenated alkanes) is 4. The Morgan fingerprint density at radius 3 is 2.13 bits per heavy atom. The fraction of sp³-hybridized carbons (Fsp3) is 0.385. The number of ether oxygens (including phenoxy) is 3. The van der Waals surface area contributed by atoms with Crippen LogP contribution in [0.25, 0.3) is 6.08 Å². The molecule has 0 bridgehead atoms. The van der Waals surface area contributed by atoms with Crippen molar-refractivity contribution < 1.29 is 23.8 Å². The third kappa shape index (κ3) is 9.51. The number of carbonyl (C=O) groups excluding carboxylic acids is 2. The van der Waals surface area contributed by atoms with Crippen molar-refractivity contribution in [3.05, 3.63) is 65.7 Å².